The molecule has 0 aliphatic carbocycles. The molecule has 1 fully saturated rings. The van der Waals surface area contributed by atoms with Crippen molar-refractivity contribution in [1.29, 1.82) is 0 Å². The smallest absolute Gasteiger partial charge is 0.262 e. The number of piperidine rings is 1. The van der Waals surface area contributed by atoms with Gasteiger partial charge in [0.15, 0.2) is 0 Å². The molecule has 0 spiro atoms. The highest BCUT2D eigenvalue weighted by Gasteiger charge is 2.25. The van der Waals surface area contributed by atoms with Crippen molar-refractivity contribution in [3.8, 4) is 0 Å². The van der Waals surface area contributed by atoms with Crippen LogP contribution < -0.4 is 10.9 Å². The molecule has 0 atom stereocenters. The van der Waals surface area contributed by atoms with Crippen molar-refractivity contribution >= 4 is 43.2 Å². The largest absolute Gasteiger partial charge is 0.326 e. The average Bonchev–Trinajstić information content (AvgIpc) is 3.24. The van der Waals surface area contributed by atoms with Crippen LogP contribution in [-0.2, 0) is 21.4 Å². The maximum absolute atomic E-state index is 12.7. The van der Waals surface area contributed by atoms with Crippen LogP contribution >= 0.6 is 11.3 Å². The minimum Gasteiger partial charge on any atom is -0.326 e. The van der Waals surface area contributed by atoms with Crippen LogP contribution in [0.3, 0.4) is 0 Å². The van der Waals surface area contributed by atoms with Crippen molar-refractivity contribution in [3.05, 3.63) is 52.4 Å². The van der Waals surface area contributed by atoms with Gasteiger partial charge in [-0.05, 0) is 48.6 Å². The van der Waals surface area contributed by atoms with Gasteiger partial charge in [-0.3, -0.25) is 14.2 Å². The van der Waals surface area contributed by atoms with E-state index in [4.69, 9.17) is 0 Å². The number of fused-ring (bicyclic) bond motifs is 1. The van der Waals surface area contributed by atoms with E-state index in [0.29, 0.717) is 29.0 Å². The second kappa shape index (κ2) is 8.66. The molecule has 1 aliphatic rings. The van der Waals surface area contributed by atoms with E-state index in [9.17, 15) is 18.0 Å². The highest BCUT2D eigenvalue weighted by Crippen LogP contribution is 2.22. The molecule has 1 aliphatic heterocycles. The van der Waals surface area contributed by atoms with Crippen LogP contribution in [0.5, 0.6) is 0 Å². The first-order chi connectivity index (χ1) is 14.4. The molecule has 0 saturated carbocycles. The third kappa shape index (κ3) is 4.30. The molecular formula is C20H22N4O4S2. The average molecular weight is 447 g/mol. The first kappa shape index (κ1) is 20.7. The van der Waals surface area contributed by atoms with Crippen LogP contribution in [0.15, 0.2) is 51.7 Å². The summed E-state index contributed by atoms with van der Waals surface area (Å²) in [5, 5.41) is 5.10. The number of sulfonamides is 1. The molecule has 3 aromatic rings. The van der Waals surface area contributed by atoms with Gasteiger partial charge in [0.05, 0.1) is 16.6 Å². The Balaban J connectivity index is 1.37. The molecule has 2 aromatic heterocycles. The fourth-order valence-electron chi connectivity index (χ4n) is 3.46. The molecule has 0 bridgehead atoms. The number of benzene rings is 1. The number of anilines is 1. The molecule has 4 rings (SSSR count). The molecule has 158 valence electrons. The van der Waals surface area contributed by atoms with Gasteiger partial charge in [0.1, 0.15) is 4.83 Å². The number of hydrogen-bond acceptors (Lipinski definition) is 6. The second-order valence-electron chi connectivity index (χ2n) is 7.17. The molecule has 3 heterocycles. The molecular weight excluding hydrogens is 424 g/mol. The minimum absolute atomic E-state index is 0.102. The molecule has 8 nitrogen and oxygen atoms in total. The predicted molar refractivity (Wildman–Crippen MR) is 116 cm³/mol. The lowest BCUT2D eigenvalue weighted by molar-refractivity contribution is -0.116. The second-order valence-corrected chi connectivity index (χ2v) is 10.0. The number of thiophene rings is 1. The minimum atomic E-state index is -3.49. The summed E-state index contributed by atoms with van der Waals surface area (Å²) in [5.74, 6) is -0.265. The monoisotopic (exact) mass is 446 g/mol. The van der Waals surface area contributed by atoms with Crippen LogP contribution in [0.2, 0.25) is 0 Å². The van der Waals surface area contributed by atoms with E-state index in [0.717, 1.165) is 19.3 Å². The maximum atomic E-state index is 12.7. The van der Waals surface area contributed by atoms with Crippen LogP contribution in [0.25, 0.3) is 10.2 Å². The van der Waals surface area contributed by atoms with E-state index in [1.165, 1.54) is 38.7 Å². The first-order valence-corrected chi connectivity index (χ1v) is 12.1. The molecule has 0 radical (unpaired) electrons. The van der Waals surface area contributed by atoms with Crippen LogP contribution in [0.1, 0.15) is 25.7 Å². The summed E-state index contributed by atoms with van der Waals surface area (Å²) in [6, 6.07) is 7.92. The predicted octanol–water partition coefficient (Wildman–Crippen LogP) is 2.66. The Kier molecular flexibility index (Phi) is 5.98. The van der Waals surface area contributed by atoms with Gasteiger partial charge >= 0.3 is 0 Å². The van der Waals surface area contributed by atoms with Crippen molar-refractivity contribution in [2.45, 2.75) is 37.1 Å². The van der Waals surface area contributed by atoms with Gasteiger partial charge < -0.3 is 5.32 Å². The lowest BCUT2D eigenvalue weighted by Crippen LogP contribution is -2.35. The summed E-state index contributed by atoms with van der Waals surface area (Å²) in [4.78, 5) is 29.8. The Morgan fingerprint density at radius 2 is 1.83 bits per heavy atom. The summed E-state index contributed by atoms with van der Waals surface area (Å²) in [6.07, 6.45) is 4.37. The van der Waals surface area contributed by atoms with Gasteiger partial charge in [-0.15, -0.1) is 11.3 Å². The van der Waals surface area contributed by atoms with E-state index in [2.05, 4.69) is 10.3 Å². The molecule has 0 unspecified atom stereocenters. The van der Waals surface area contributed by atoms with Crippen LogP contribution in [0.4, 0.5) is 5.69 Å². The lowest BCUT2D eigenvalue weighted by Gasteiger charge is -2.25. The molecule has 1 saturated heterocycles. The van der Waals surface area contributed by atoms with Gasteiger partial charge in [-0.25, -0.2) is 13.4 Å². The fraction of sp³-hybridized carbons (Fsp3) is 0.350. The SMILES string of the molecule is O=C(CCn1cnc2sccc2c1=O)Nc1ccc(S(=O)(=O)N2CCCCC2)cc1. The third-order valence-corrected chi connectivity index (χ3v) is 7.85. The van der Waals surface area contributed by atoms with Crippen LogP contribution in [0, 0.1) is 0 Å². The summed E-state index contributed by atoms with van der Waals surface area (Å²) >= 11 is 1.40. The lowest BCUT2D eigenvalue weighted by atomic mass is 10.2. The first-order valence-electron chi connectivity index (χ1n) is 9.78. The van der Waals surface area contributed by atoms with Crippen molar-refractivity contribution in [1.82, 2.24) is 13.9 Å². The highest BCUT2D eigenvalue weighted by molar-refractivity contribution is 7.89. The van der Waals surface area contributed by atoms with Gasteiger partial charge in [0.25, 0.3) is 5.56 Å². The summed E-state index contributed by atoms with van der Waals surface area (Å²) in [7, 11) is -3.49. The number of carbonyl (C=O) groups is 1. The zero-order valence-electron chi connectivity index (χ0n) is 16.3. The zero-order chi connectivity index (χ0) is 21.1. The summed E-state index contributed by atoms with van der Waals surface area (Å²) < 4.78 is 28.3. The van der Waals surface area contributed by atoms with Gasteiger partial charge in [-0.1, -0.05) is 6.42 Å². The van der Waals surface area contributed by atoms with Crippen molar-refractivity contribution < 1.29 is 13.2 Å². The van der Waals surface area contributed by atoms with Crippen molar-refractivity contribution in [2.24, 2.45) is 0 Å². The third-order valence-electron chi connectivity index (χ3n) is 5.12. The number of rotatable bonds is 6. The zero-order valence-corrected chi connectivity index (χ0v) is 17.9. The van der Waals surface area contributed by atoms with E-state index >= 15 is 0 Å². The number of nitrogens with one attached hydrogen (secondary N) is 1. The van der Waals surface area contributed by atoms with E-state index < -0.39 is 10.0 Å². The van der Waals surface area contributed by atoms with Crippen molar-refractivity contribution in [2.75, 3.05) is 18.4 Å². The van der Waals surface area contributed by atoms with E-state index in [1.54, 1.807) is 18.2 Å². The Hall–Kier alpha value is -2.56. The van der Waals surface area contributed by atoms with E-state index in [1.807, 2.05) is 5.38 Å². The number of hydrogen-bond donors (Lipinski definition) is 1. The number of nitrogens with zero attached hydrogens (tertiary/aromatic N) is 3. The molecule has 1 amide bonds. The Bertz CT molecular complexity index is 1210. The normalized spacial score (nSPS) is 15.3. The Morgan fingerprint density at radius 1 is 1.10 bits per heavy atom. The van der Waals surface area contributed by atoms with E-state index in [-0.39, 0.29) is 29.3 Å². The highest BCUT2D eigenvalue weighted by atomic mass is 32.2. The van der Waals surface area contributed by atoms with Gasteiger partial charge in [0, 0.05) is 31.7 Å². The molecule has 1 aromatic carbocycles. The number of aromatic nitrogens is 2. The van der Waals surface area contributed by atoms with Gasteiger partial charge in [-0.2, -0.15) is 4.31 Å². The quantitative estimate of drug-likeness (QED) is 0.627. The fourth-order valence-corrected chi connectivity index (χ4v) is 5.70. The maximum Gasteiger partial charge on any atom is 0.262 e. The van der Waals surface area contributed by atoms with Crippen LogP contribution in [-0.4, -0.2) is 41.3 Å². The summed E-state index contributed by atoms with van der Waals surface area (Å²) in [5.41, 5.74) is 0.345. The van der Waals surface area contributed by atoms with Gasteiger partial charge in [0.2, 0.25) is 15.9 Å². The standard InChI is InChI=1S/C20H22N4O4S2/c25-18(8-12-23-14-21-19-17(20(23)26)9-13-29-19)22-15-4-6-16(7-5-15)30(27,28)24-10-2-1-3-11-24/h4-7,9,13-14H,1-3,8,10-12H2,(H,22,25). The van der Waals surface area contributed by atoms with Crippen molar-refractivity contribution in [3.63, 3.8) is 0 Å². The number of aryl methyl sites for hydroxylation is 1. The Labute approximate surface area is 178 Å². The summed E-state index contributed by atoms with van der Waals surface area (Å²) in [6.45, 7) is 1.31. The molecule has 30 heavy (non-hydrogen) atoms. The molecule has 1 N–H and O–H groups in total. The number of amides is 1. The Morgan fingerprint density at radius 3 is 2.57 bits per heavy atom. The topological polar surface area (TPSA) is 101 Å². The number of carbonyl (C=O) groups excluding carboxylic acids is 1. The molecule has 10 heteroatoms.